The molecule has 0 spiro atoms. The maximum Gasteiger partial charge on any atom is 0.227 e. The topological polar surface area (TPSA) is 55.6 Å². The van der Waals surface area contributed by atoms with E-state index in [4.69, 9.17) is 10.5 Å². The molecule has 20 heavy (non-hydrogen) atoms. The Morgan fingerprint density at radius 3 is 2.90 bits per heavy atom. The molecule has 1 aliphatic heterocycles. The van der Waals surface area contributed by atoms with Crippen molar-refractivity contribution in [1.82, 2.24) is 4.90 Å². The van der Waals surface area contributed by atoms with Crippen molar-refractivity contribution in [3.63, 3.8) is 0 Å². The maximum atomic E-state index is 12.6. The predicted octanol–water partition coefficient (Wildman–Crippen LogP) is 1.82. The van der Waals surface area contributed by atoms with Crippen molar-refractivity contribution in [3.05, 3.63) is 29.8 Å². The first kappa shape index (κ1) is 14.9. The predicted molar refractivity (Wildman–Crippen MR) is 79.7 cm³/mol. The van der Waals surface area contributed by atoms with Crippen LogP contribution in [-0.2, 0) is 11.2 Å². The first-order valence-corrected chi connectivity index (χ1v) is 7.28. The molecule has 4 heteroatoms. The van der Waals surface area contributed by atoms with E-state index in [2.05, 4.69) is 6.92 Å². The van der Waals surface area contributed by atoms with Gasteiger partial charge in [0.05, 0.1) is 13.5 Å². The monoisotopic (exact) mass is 276 g/mol. The molecule has 0 saturated carbocycles. The van der Waals surface area contributed by atoms with E-state index in [1.807, 2.05) is 29.2 Å². The molecular formula is C16H24N2O2. The van der Waals surface area contributed by atoms with Crippen LogP contribution in [0.15, 0.2) is 24.3 Å². The lowest BCUT2D eigenvalue weighted by Crippen LogP contribution is -2.51. The van der Waals surface area contributed by atoms with Crippen molar-refractivity contribution in [3.8, 4) is 5.75 Å². The Hall–Kier alpha value is -1.55. The van der Waals surface area contributed by atoms with Crippen LogP contribution in [-0.4, -0.2) is 37.0 Å². The van der Waals surface area contributed by atoms with Gasteiger partial charge in [-0.25, -0.2) is 0 Å². The van der Waals surface area contributed by atoms with Gasteiger partial charge in [-0.3, -0.25) is 4.79 Å². The minimum atomic E-state index is 0.150. The standard InChI is InChI=1S/C16H24N2O2/c1-12-6-5-9-18(14(12)11-17)16(19)10-13-7-3-4-8-15(13)20-2/h3-4,7-8,12,14H,5-6,9-11,17H2,1-2H3. The number of carbonyl (C=O) groups is 1. The quantitative estimate of drug-likeness (QED) is 0.912. The largest absolute Gasteiger partial charge is 0.496 e. The number of rotatable bonds is 4. The van der Waals surface area contributed by atoms with Crippen LogP contribution in [0.2, 0.25) is 0 Å². The minimum Gasteiger partial charge on any atom is -0.496 e. The van der Waals surface area contributed by atoms with E-state index in [-0.39, 0.29) is 11.9 Å². The molecule has 1 aromatic carbocycles. The number of carbonyl (C=O) groups excluding carboxylic acids is 1. The number of likely N-dealkylation sites (tertiary alicyclic amines) is 1. The van der Waals surface area contributed by atoms with E-state index in [0.717, 1.165) is 30.7 Å². The van der Waals surface area contributed by atoms with Crippen LogP contribution in [0, 0.1) is 5.92 Å². The van der Waals surface area contributed by atoms with Crippen LogP contribution in [0.5, 0.6) is 5.75 Å². The Labute approximate surface area is 120 Å². The lowest BCUT2D eigenvalue weighted by atomic mass is 9.90. The van der Waals surface area contributed by atoms with Gasteiger partial charge < -0.3 is 15.4 Å². The molecule has 1 aromatic rings. The number of nitrogens with two attached hydrogens (primary N) is 1. The van der Waals surface area contributed by atoms with Gasteiger partial charge in [0.1, 0.15) is 5.75 Å². The van der Waals surface area contributed by atoms with Gasteiger partial charge in [0.15, 0.2) is 0 Å². The molecule has 2 rings (SSSR count). The highest BCUT2D eigenvalue weighted by molar-refractivity contribution is 5.80. The second-order valence-electron chi connectivity index (χ2n) is 5.50. The third-order valence-electron chi connectivity index (χ3n) is 4.21. The average Bonchev–Trinajstić information content (AvgIpc) is 2.47. The van der Waals surface area contributed by atoms with Crippen molar-refractivity contribution < 1.29 is 9.53 Å². The van der Waals surface area contributed by atoms with Crippen molar-refractivity contribution in [2.24, 2.45) is 11.7 Å². The number of amides is 1. The van der Waals surface area contributed by atoms with Gasteiger partial charge in [0.25, 0.3) is 0 Å². The molecule has 0 aromatic heterocycles. The summed E-state index contributed by atoms with van der Waals surface area (Å²) in [6.45, 7) is 3.54. The van der Waals surface area contributed by atoms with E-state index in [1.165, 1.54) is 0 Å². The SMILES string of the molecule is COc1ccccc1CC(=O)N1CCCC(C)C1CN. The van der Waals surface area contributed by atoms with Crippen molar-refractivity contribution in [1.29, 1.82) is 0 Å². The number of methoxy groups -OCH3 is 1. The highest BCUT2D eigenvalue weighted by Gasteiger charge is 2.30. The first-order valence-electron chi connectivity index (χ1n) is 7.28. The molecule has 0 radical (unpaired) electrons. The fourth-order valence-electron chi connectivity index (χ4n) is 3.03. The third kappa shape index (κ3) is 3.12. The summed E-state index contributed by atoms with van der Waals surface area (Å²) in [6.07, 6.45) is 2.60. The second kappa shape index (κ2) is 6.75. The summed E-state index contributed by atoms with van der Waals surface area (Å²) in [7, 11) is 1.63. The molecule has 1 amide bonds. The lowest BCUT2D eigenvalue weighted by Gasteiger charge is -2.39. The van der Waals surface area contributed by atoms with Crippen LogP contribution in [0.1, 0.15) is 25.3 Å². The summed E-state index contributed by atoms with van der Waals surface area (Å²) < 4.78 is 5.31. The molecule has 2 N–H and O–H groups in total. The molecule has 0 aliphatic carbocycles. The molecule has 2 atom stereocenters. The minimum absolute atomic E-state index is 0.150. The zero-order valence-electron chi connectivity index (χ0n) is 12.3. The third-order valence-corrected chi connectivity index (χ3v) is 4.21. The number of para-hydroxylation sites is 1. The van der Waals surface area contributed by atoms with E-state index in [1.54, 1.807) is 7.11 Å². The number of ether oxygens (including phenoxy) is 1. The molecular weight excluding hydrogens is 252 g/mol. The molecule has 2 unspecified atom stereocenters. The second-order valence-corrected chi connectivity index (χ2v) is 5.50. The van der Waals surface area contributed by atoms with Crippen LogP contribution >= 0.6 is 0 Å². The van der Waals surface area contributed by atoms with E-state index in [9.17, 15) is 4.79 Å². The molecule has 0 bridgehead atoms. The van der Waals surface area contributed by atoms with Crippen LogP contribution < -0.4 is 10.5 Å². The smallest absolute Gasteiger partial charge is 0.227 e. The fraction of sp³-hybridized carbons (Fsp3) is 0.562. The van der Waals surface area contributed by atoms with Gasteiger partial charge in [-0.2, -0.15) is 0 Å². The molecule has 1 saturated heterocycles. The number of benzene rings is 1. The molecule has 1 fully saturated rings. The fourth-order valence-corrected chi connectivity index (χ4v) is 3.03. The van der Waals surface area contributed by atoms with Gasteiger partial charge in [0.2, 0.25) is 5.91 Å². The van der Waals surface area contributed by atoms with E-state index < -0.39 is 0 Å². The zero-order chi connectivity index (χ0) is 14.5. The van der Waals surface area contributed by atoms with Crippen LogP contribution in [0.25, 0.3) is 0 Å². The van der Waals surface area contributed by atoms with E-state index in [0.29, 0.717) is 18.9 Å². The van der Waals surface area contributed by atoms with Crippen molar-refractivity contribution >= 4 is 5.91 Å². The highest BCUT2D eigenvalue weighted by atomic mass is 16.5. The Morgan fingerprint density at radius 1 is 1.45 bits per heavy atom. The van der Waals surface area contributed by atoms with Gasteiger partial charge in [0, 0.05) is 24.7 Å². The summed E-state index contributed by atoms with van der Waals surface area (Å²) in [5.74, 6) is 1.40. The van der Waals surface area contributed by atoms with Crippen molar-refractivity contribution in [2.45, 2.75) is 32.2 Å². The van der Waals surface area contributed by atoms with Crippen LogP contribution in [0.4, 0.5) is 0 Å². The number of hydrogen-bond donors (Lipinski definition) is 1. The first-order chi connectivity index (χ1) is 9.67. The summed E-state index contributed by atoms with van der Waals surface area (Å²) >= 11 is 0. The molecule has 1 aliphatic rings. The van der Waals surface area contributed by atoms with Crippen LogP contribution in [0.3, 0.4) is 0 Å². The summed E-state index contributed by atoms with van der Waals surface area (Å²) in [5.41, 5.74) is 6.79. The van der Waals surface area contributed by atoms with Crippen molar-refractivity contribution in [2.75, 3.05) is 20.2 Å². The Balaban J connectivity index is 2.10. The highest BCUT2D eigenvalue weighted by Crippen LogP contribution is 2.25. The van der Waals surface area contributed by atoms with E-state index >= 15 is 0 Å². The normalized spacial score (nSPS) is 22.6. The van der Waals surface area contributed by atoms with Gasteiger partial charge in [-0.15, -0.1) is 0 Å². The Morgan fingerprint density at radius 2 is 2.20 bits per heavy atom. The lowest BCUT2D eigenvalue weighted by molar-refractivity contribution is -0.135. The van der Waals surface area contributed by atoms with Gasteiger partial charge in [-0.05, 0) is 24.8 Å². The molecule has 1 heterocycles. The molecule has 4 nitrogen and oxygen atoms in total. The maximum absolute atomic E-state index is 12.6. The number of piperidine rings is 1. The number of hydrogen-bond acceptors (Lipinski definition) is 3. The molecule has 110 valence electrons. The zero-order valence-corrected chi connectivity index (χ0v) is 12.3. The summed E-state index contributed by atoms with van der Waals surface area (Å²) in [5, 5.41) is 0. The van der Waals surface area contributed by atoms with Gasteiger partial charge >= 0.3 is 0 Å². The Bertz CT molecular complexity index is 462. The Kier molecular flexibility index (Phi) is 5.01. The summed E-state index contributed by atoms with van der Waals surface area (Å²) in [6, 6.07) is 7.86. The summed E-state index contributed by atoms with van der Waals surface area (Å²) in [4.78, 5) is 14.5. The average molecular weight is 276 g/mol. The van der Waals surface area contributed by atoms with Gasteiger partial charge in [-0.1, -0.05) is 25.1 Å². The number of nitrogens with zero attached hydrogens (tertiary/aromatic N) is 1.